The van der Waals surface area contributed by atoms with E-state index in [0.717, 1.165) is 10.4 Å². The summed E-state index contributed by atoms with van der Waals surface area (Å²) in [6.45, 7) is 3.93. The number of carbonyl (C=O) groups excluding carboxylic acids is 1. The summed E-state index contributed by atoms with van der Waals surface area (Å²) in [5.41, 5.74) is 0.601. The highest BCUT2D eigenvalue weighted by Gasteiger charge is 2.23. The number of carbonyl (C=O) groups is 2. The van der Waals surface area contributed by atoms with Crippen LogP contribution >= 0.6 is 11.3 Å². The van der Waals surface area contributed by atoms with Gasteiger partial charge in [0, 0.05) is 4.88 Å². The van der Waals surface area contributed by atoms with Crippen LogP contribution < -0.4 is 5.32 Å². The van der Waals surface area contributed by atoms with Gasteiger partial charge in [0.05, 0.1) is 17.5 Å². The largest absolute Gasteiger partial charge is 0.478 e. The van der Waals surface area contributed by atoms with E-state index in [4.69, 9.17) is 5.11 Å². The van der Waals surface area contributed by atoms with Crippen molar-refractivity contribution in [3.8, 4) is 0 Å². The Labute approximate surface area is 127 Å². The van der Waals surface area contributed by atoms with Crippen molar-refractivity contribution >= 4 is 23.2 Å². The Bertz CT molecular complexity index is 630. The van der Waals surface area contributed by atoms with E-state index in [1.54, 1.807) is 23.5 Å². The topological polar surface area (TPSA) is 66.4 Å². The Kier molecular flexibility index (Phi) is 4.43. The van der Waals surface area contributed by atoms with Gasteiger partial charge in [0.15, 0.2) is 0 Å². The number of thiophene rings is 1. The Morgan fingerprint density at radius 3 is 2.38 bits per heavy atom. The summed E-state index contributed by atoms with van der Waals surface area (Å²) in [5.74, 6) is -1.05. The first-order valence-corrected chi connectivity index (χ1v) is 7.44. The van der Waals surface area contributed by atoms with Crippen molar-refractivity contribution in [3.63, 3.8) is 0 Å². The summed E-state index contributed by atoms with van der Waals surface area (Å²) in [7, 11) is 0. The van der Waals surface area contributed by atoms with E-state index >= 15 is 0 Å². The highest BCUT2D eigenvalue weighted by Crippen LogP contribution is 2.24. The third-order valence-electron chi connectivity index (χ3n) is 3.15. The highest BCUT2D eigenvalue weighted by molar-refractivity contribution is 7.10. The van der Waals surface area contributed by atoms with Crippen molar-refractivity contribution in [2.24, 2.45) is 0 Å². The maximum absolute atomic E-state index is 12.1. The summed E-state index contributed by atoms with van der Waals surface area (Å²) in [4.78, 5) is 24.0. The van der Waals surface area contributed by atoms with Gasteiger partial charge in [-0.25, -0.2) is 4.79 Å². The molecule has 0 fully saturated rings. The molecule has 1 aromatic carbocycles. The number of nitrogens with one attached hydrogen (secondary N) is 1. The molecule has 1 aromatic heterocycles. The molecular formula is C16H17NO3S. The lowest BCUT2D eigenvalue weighted by Gasteiger charge is -2.25. The summed E-state index contributed by atoms with van der Waals surface area (Å²) in [6, 6.07) is 10.3. The number of benzene rings is 1. The second kappa shape index (κ2) is 6.10. The normalized spacial score (nSPS) is 11.1. The van der Waals surface area contributed by atoms with Crippen LogP contribution in [0.4, 0.5) is 0 Å². The van der Waals surface area contributed by atoms with Crippen LogP contribution in [-0.2, 0) is 16.8 Å². The zero-order valence-electron chi connectivity index (χ0n) is 11.9. The molecule has 1 heterocycles. The van der Waals surface area contributed by atoms with Crippen LogP contribution in [0.25, 0.3) is 0 Å². The molecule has 110 valence electrons. The summed E-state index contributed by atoms with van der Waals surface area (Å²) < 4.78 is 0. The number of carboxylic acids is 1. The van der Waals surface area contributed by atoms with Crippen LogP contribution in [-0.4, -0.2) is 17.0 Å². The molecule has 2 N–H and O–H groups in total. The molecule has 21 heavy (non-hydrogen) atoms. The van der Waals surface area contributed by atoms with E-state index in [2.05, 4.69) is 5.32 Å². The quantitative estimate of drug-likeness (QED) is 0.892. The van der Waals surface area contributed by atoms with E-state index in [1.807, 2.05) is 31.4 Å². The number of hydrogen-bond acceptors (Lipinski definition) is 3. The first-order valence-electron chi connectivity index (χ1n) is 6.56. The van der Waals surface area contributed by atoms with Crippen LogP contribution in [0.5, 0.6) is 0 Å². The van der Waals surface area contributed by atoms with Crippen molar-refractivity contribution in [3.05, 3.63) is 57.8 Å². The van der Waals surface area contributed by atoms with E-state index in [0.29, 0.717) is 0 Å². The number of carboxylic acid groups (broad SMARTS) is 1. The SMILES string of the molecule is CC(C)(NC(=O)Cc1ccc(C(=O)O)cc1)c1cccs1. The Morgan fingerprint density at radius 2 is 1.86 bits per heavy atom. The maximum Gasteiger partial charge on any atom is 0.335 e. The lowest BCUT2D eigenvalue weighted by molar-refractivity contribution is -0.122. The molecular weight excluding hydrogens is 286 g/mol. The molecule has 2 aromatic rings. The van der Waals surface area contributed by atoms with Gasteiger partial charge in [-0.15, -0.1) is 11.3 Å². The van der Waals surface area contributed by atoms with Gasteiger partial charge in [0.2, 0.25) is 5.91 Å². The standard InChI is InChI=1S/C16H17NO3S/c1-16(2,13-4-3-9-21-13)17-14(18)10-11-5-7-12(8-6-11)15(19)20/h3-9H,10H2,1-2H3,(H,17,18)(H,19,20). The molecule has 5 heteroatoms. The molecule has 0 atom stereocenters. The minimum absolute atomic E-state index is 0.0866. The lowest BCUT2D eigenvalue weighted by atomic mass is 10.0. The number of rotatable bonds is 5. The van der Waals surface area contributed by atoms with E-state index in [9.17, 15) is 9.59 Å². The van der Waals surface area contributed by atoms with Crippen molar-refractivity contribution in [2.45, 2.75) is 25.8 Å². The zero-order chi connectivity index (χ0) is 15.5. The summed E-state index contributed by atoms with van der Waals surface area (Å²) in [6.07, 6.45) is 0.231. The molecule has 0 saturated carbocycles. The number of amides is 1. The van der Waals surface area contributed by atoms with Crippen LogP contribution in [0.15, 0.2) is 41.8 Å². The molecule has 1 amide bonds. The summed E-state index contributed by atoms with van der Waals surface area (Å²) >= 11 is 1.60. The number of hydrogen-bond donors (Lipinski definition) is 2. The van der Waals surface area contributed by atoms with Gasteiger partial charge in [-0.3, -0.25) is 4.79 Å². The van der Waals surface area contributed by atoms with Gasteiger partial charge >= 0.3 is 5.97 Å². The molecule has 0 unspecified atom stereocenters. The monoisotopic (exact) mass is 303 g/mol. The lowest BCUT2D eigenvalue weighted by Crippen LogP contribution is -2.41. The fourth-order valence-electron chi connectivity index (χ4n) is 2.04. The first-order chi connectivity index (χ1) is 9.88. The van der Waals surface area contributed by atoms with Gasteiger partial charge < -0.3 is 10.4 Å². The molecule has 2 rings (SSSR count). The number of aromatic carboxylic acids is 1. The van der Waals surface area contributed by atoms with Gasteiger partial charge in [-0.1, -0.05) is 18.2 Å². The second-order valence-electron chi connectivity index (χ2n) is 5.33. The Morgan fingerprint density at radius 1 is 1.19 bits per heavy atom. The molecule has 0 saturated heterocycles. The maximum atomic E-state index is 12.1. The Balaban J connectivity index is 2.00. The molecule has 0 radical (unpaired) electrons. The fourth-order valence-corrected chi connectivity index (χ4v) is 2.85. The molecule has 4 nitrogen and oxygen atoms in total. The smallest absolute Gasteiger partial charge is 0.335 e. The van der Waals surface area contributed by atoms with Gasteiger partial charge in [0.25, 0.3) is 0 Å². The predicted octanol–water partition coefficient (Wildman–Crippen LogP) is 3.04. The predicted molar refractivity (Wildman–Crippen MR) is 82.6 cm³/mol. The minimum atomic E-state index is -0.968. The van der Waals surface area contributed by atoms with Gasteiger partial charge in [0.1, 0.15) is 0 Å². The van der Waals surface area contributed by atoms with Crippen molar-refractivity contribution in [1.29, 1.82) is 0 Å². The van der Waals surface area contributed by atoms with E-state index < -0.39 is 11.5 Å². The fraction of sp³-hybridized carbons (Fsp3) is 0.250. The molecule has 0 aliphatic heterocycles. The van der Waals surface area contributed by atoms with Gasteiger partial charge in [-0.2, -0.15) is 0 Å². The highest BCUT2D eigenvalue weighted by atomic mass is 32.1. The average molecular weight is 303 g/mol. The van der Waals surface area contributed by atoms with Crippen LogP contribution in [0, 0.1) is 0 Å². The molecule has 0 bridgehead atoms. The van der Waals surface area contributed by atoms with Gasteiger partial charge in [-0.05, 0) is 43.0 Å². The first kappa shape index (κ1) is 15.3. The third kappa shape index (κ3) is 3.92. The summed E-state index contributed by atoms with van der Waals surface area (Å²) in [5, 5.41) is 13.8. The molecule has 0 spiro atoms. The van der Waals surface area contributed by atoms with Crippen molar-refractivity contribution in [2.75, 3.05) is 0 Å². The van der Waals surface area contributed by atoms with Crippen molar-refractivity contribution in [1.82, 2.24) is 5.32 Å². The van der Waals surface area contributed by atoms with Crippen LogP contribution in [0.2, 0.25) is 0 Å². The van der Waals surface area contributed by atoms with Crippen LogP contribution in [0.1, 0.15) is 34.6 Å². The minimum Gasteiger partial charge on any atom is -0.478 e. The molecule has 0 aliphatic rings. The second-order valence-corrected chi connectivity index (χ2v) is 6.28. The van der Waals surface area contributed by atoms with E-state index in [-0.39, 0.29) is 17.9 Å². The third-order valence-corrected chi connectivity index (χ3v) is 4.35. The van der Waals surface area contributed by atoms with Crippen LogP contribution in [0.3, 0.4) is 0 Å². The van der Waals surface area contributed by atoms with E-state index in [1.165, 1.54) is 12.1 Å². The Hall–Kier alpha value is -2.14. The average Bonchev–Trinajstić information content (AvgIpc) is 2.93. The zero-order valence-corrected chi connectivity index (χ0v) is 12.7. The van der Waals surface area contributed by atoms with Crippen molar-refractivity contribution < 1.29 is 14.7 Å². The molecule has 0 aliphatic carbocycles.